The fourth-order valence-corrected chi connectivity index (χ4v) is 2.22. The molecule has 6 heteroatoms. The number of carbonyl (C=O) groups is 1. The second kappa shape index (κ2) is 5.31. The monoisotopic (exact) mass is 273 g/mol. The highest BCUT2D eigenvalue weighted by Crippen LogP contribution is 2.36. The van der Waals surface area contributed by atoms with E-state index in [1.165, 1.54) is 7.11 Å². The number of nitrogens with zero attached hydrogens (tertiary/aromatic N) is 3. The van der Waals surface area contributed by atoms with Crippen LogP contribution in [0.25, 0.3) is 0 Å². The number of hydrazone groups is 1. The number of hydrogen-bond donors (Lipinski definition) is 1. The second-order valence-corrected chi connectivity index (χ2v) is 4.60. The third-order valence-corrected chi connectivity index (χ3v) is 3.12. The highest BCUT2D eigenvalue weighted by atomic mass is 16.5. The molecule has 0 aromatic heterocycles. The number of aliphatic hydroxyl groups is 1. The van der Waals surface area contributed by atoms with Crippen molar-refractivity contribution in [2.75, 3.05) is 7.11 Å². The average molecular weight is 273 g/mol. The molecule has 0 aliphatic carbocycles. The molecule has 0 bridgehead atoms. The van der Waals surface area contributed by atoms with Gasteiger partial charge in [-0.05, 0) is 19.1 Å². The molecule has 6 nitrogen and oxygen atoms in total. The quantitative estimate of drug-likeness (QED) is 0.901. The van der Waals surface area contributed by atoms with E-state index in [0.717, 1.165) is 5.01 Å². The minimum Gasteiger partial charge on any atom is -0.497 e. The molecule has 20 heavy (non-hydrogen) atoms. The molecule has 0 saturated heterocycles. The van der Waals surface area contributed by atoms with E-state index in [9.17, 15) is 9.90 Å². The molecule has 0 unspecified atom stereocenters. The highest BCUT2D eigenvalue weighted by molar-refractivity contribution is 5.89. The lowest BCUT2D eigenvalue weighted by atomic mass is 9.97. The van der Waals surface area contributed by atoms with Crippen LogP contribution in [0.1, 0.15) is 25.3 Å². The molecule has 1 amide bonds. The molecule has 0 fully saturated rings. The first kappa shape index (κ1) is 14.0. The van der Waals surface area contributed by atoms with Crippen LogP contribution in [0.5, 0.6) is 5.75 Å². The molecule has 1 aliphatic rings. The van der Waals surface area contributed by atoms with Gasteiger partial charge < -0.3 is 9.84 Å². The van der Waals surface area contributed by atoms with Gasteiger partial charge in [0.15, 0.2) is 5.72 Å². The van der Waals surface area contributed by atoms with Gasteiger partial charge in [-0.15, -0.1) is 0 Å². The van der Waals surface area contributed by atoms with E-state index in [1.807, 2.05) is 0 Å². The van der Waals surface area contributed by atoms with Crippen LogP contribution in [0.4, 0.5) is 0 Å². The van der Waals surface area contributed by atoms with Crippen molar-refractivity contribution in [1.82, 2.24) is 5.01 Å². The summed E-state index contributed by atoms with van der Waals surface area (Å²) in [6, 6.07) is 8.60. The number of hydrogen-bond acceptors (Lipinski definition) is 5. The molecular formula is C14H15N3O3. The van der Waals surface area contributed by atoms with Crippen molar-refractivity contribution >= 4 is 11.6 Å². The number of nitriles is 1. The first-order chi connectivity index (χ1) is 9.51. The van der Waals surface area contributed by atoms with Gasteiger partial charge in [0.2, 0.25) is 0 Å². The van der Waals surface area contributed by atoms with E-state index in [2.05, 4.69) is 5.10 Å². The van der Waals surface area contributed by atoms with Gasteiger partial charge in [0, 0.05) is 17.7 Å². The fraction of sp³-hybridized carbons (Fsp3) is 0.357. The van der Waals surface area contributed by atoms with Crippen LogP contribution in [0.15, 0.2) is 29.4 Å². The molecule has 1 atom stereocenters. The summed E-state index contributed by atoms with van der Waals surface area (Å²) in [4.78, 5) is 11.9. The number of amides is 1. The zero-order chi connectivity index (χ0) is 14.8. The Morgan fingerprint density at radius 3 is 3.05 bits per heavy atom. The number of rotatable bonds is 3. The molecular weight excluding hydrogens is 258 g/mol. The van der Waals surface area contributed by atoms with E-state index in [1.54, 1.807) is 37.3 Å². The molecule has 1 aromatic rings. The van der Waals surface area contributed by atoms with Gasteiger partial charge in [-0.25, -0.2) is 0 Å². The summed E-state index contributed by atoms with van der Waals surface area (Å²) in [6.07, 6.45) is -0.125. The molecule has 1 N–H and O–H groups in total. The summed E-state index contributed by atoms with van der Waals surface area (Å²) in [5, 5.41) is 24.5. The summed E-state index contributed by atoms with van der Waals surface area (Å²) in [5.41, 5.74) is -0.433. The fourth-order valence-electron chi connectivity index (χ4n) is 2.22. The van der Waals surface area contributed by atoms with Gasteiger partial charge in [0.25, 0.3) is 5.91 Å². The molecule has 0 saturated carbocycles. The number of carbonyl (C=O) groups excluding carboxylic acids is 1. The minimum absolute atomic E-state index is 0.206. The maximum absolute atomic E-state index is 11.9. The lowest BCUT2D eigenvalue weighted by Gasteiger charge is -2.31. The number of benzene rings is 1. The van der Waals surface area contributed by atoms with Crippen LogP contribution in [-0.2, 0) is 10.5 Å². The normalized spacial score (nSPS) is 21.3. The van der Waals surface area contributed by atoms with Crippen molar-refractivity contribution in [3.63, 3.8) is 0 Å². The molecule has 1 aliphatic heterocycles. The summed E-state index contributed by atoms with van der Waals surface area (Å²) >= 11 is 0. The topological polar surface area (TPSA) is 85.9 Å². The van der Waals surface area contributed by atoms with Crippen molar-refractivity contribution in [2.45, 2.75) is 25.5 Å². The molecule has 104 valence electrons. The van der Waals surface area contributed by atoms with Crippen LogP contribution in [0.2, 0.25) is 0 Å². The molecule has 2 rings (SSSR count). The van der Waals surface area contributed by atoms with Crippen LogP contribution >= 0.6 is 0 Å². The maximum Gasteiger partial charge on any atom is 0.259 e. The lowest BCUT2D eigenvalue weighted by molar-refractivity contribution is -0.156. The summed E-state index contributed by atoms with van der Waals surface area (Å²) in [7, 11) is 1.53. The third-order valence-electron chi connectivity index (χ3n) is 3.12. The smallest absolute Gasteiger partial charge is 0.259 e. The van der Waals surface area contributed by atoms with Gasteiger partial charge in [0.05, 0.1) is 13.2 Å². The van der Waals surface area contributed by atoms with E-state index in [4.69, 9.17) is 10.00 Å². The predicted octanol–water partition coefficient (Wildman–Crippen LogP) is 1.36. The molecule has 1 aromatic carbocycles. The van der Waals surface area contributed by atoms with E-state index in [0.29, 0.717) is 17.0 Å². The SMILES string of the molecule is COc1cccc([C@@]2(O)CC(C)=NN2C(=O)CC#N)c1. The number of ether oxygens (including phenoxy) is 1. The Morgan fingerprint density at radius 2 is 2.40 bits per heavy atom. The van der Waals surface area contributed by atoms with Gasteiger partial charge in [-0.3, -0.25) is 4.79 Å². The maximum atomic E-state index is 11.9. The van der Waals surface area contributed by atoms with E-state index < -0.39 is 11.6 Å². The van der Waals surface area contributed by atoms with Gasteiger partial charge in [-0.1, -0.05) is 12.1 Å². The lowest BCUT2D eigenvalue weighted by Crippen LogP contribution is -2.43. The van der Waals surface area contributed by atoms with E-state index in [-0.39, 0.29) is 12.8 Å². The minimum atomic E-state index is -1.56. The van der Waals surface area contributed by atoms with Gasteiger partial charge >= 0.3 is 0 Å². The van der Waals surface area contributed by atoms with Crippen LogP contribution in [0.3, 0.4) is 0 Å². The summed E-state index contributed by atoms with van der Waals surface area (Å²) < 4.78 is 5.13. The molecule has 1 heterocycles. The zero-order valence-corrected chi connectivity index (χ0v) is 11.3. The second-order valence-electron chi connectivity index (χ2n) is 4.60. The Kier molecular flexibility index (Phi) is 3.72. The van der Waals surface area contributed by atoms with Gasteiger partial charge in [0.1, 0.15) is 12.2 Å². The van der Waals surface area contributed by atoms with E-state index >= 15 is 0 Å². The highest BCUT2D eigenvalue weighted by Gasteiger charge is 2.44. The molecule has 0 spiro atoms. The Labute approximate surface area is 116 Å². The van der Waals surface area contributed by atoms with Crippen molar-refractivity contribution < 1.29 is 14.6 Å². The van der Waals surface area contributed by atoms with Crippen LogP contribution in [-0.4, -0.2) is 28.8 Å². The Balaban J connectivity index is 2.41. The first-order valence-electron chi connectivity index (χ1n) is 6.12. The summed E-state index contributed by atoms with van der Waals surface area (Å²) in [5.74, 6) is 0.0443. The Morgan fingerprint density at radius 1 is 1.65 bits per heavy atom. The summed E-state index contributed by atoms with van der Waals surface area (Å²) in [6.45, 7) is 1.73. The predicted molar refractivity (Wildman–Crippen MR) is 71.7 cm³/mol. The Bertz CT molecular complexity index is 606. The van der Waals surface area contributed by atoms with Gasteiger partial charge in [-0.2, -0.15) is 15.4 Å². The Hall–Kier alpha value is -2.39. The molecule has 0 radical (unpaired) electrons. The largest absolute Gasteiger partial charge is 0.497 e. The zero-order valence-electron chi connectivity index (χ0n) is 11.3. The third kappa shape index (κ3) is 2.36. The van der Waals surface area contributed by atoms with Crippen molar-refractivity contribution in [3.8, 4) is 11.8 Å². The van der Waals surface area contributed by atoms with Crippen molar-refractivity contribution in [1.29, 1.82) is 5.26 Å². The van der Waals surface area contributed by atoms with Crippen LogP contribution in [0, 0.1) is 11.3 Å². The average Bonchev–Trinajstić information content (AvgIpc) is 2.76. The van der Waals surface area contributed by atoms with Crippen molar-refractivity contribution in [3.05, 3.63) is 29.8 Å². The first-order valence-corrected chi connectivity index (χ1v) is 6.12. The van der Waals surface area contributed by atoms with Crippen LogP contribution < -0.4 is 4.74 Å². The number of methoxy groups -OCH3 is 1. The standard InChI is InChI=1S/C14H15N3O3/c1-10-9-14(19,17(16-10)13(18)6-7-15)11-4-3-5-12(8-11)20-2/h3-5,8,19H,6,9H2,1-2H3/t14-/m0/s1. The van der Waals surface area contributed by atoms with Crippen molar-refractivity contribution in [2.24, 2.45) is 5.10 Å².